The fourth-order valence-electron chi connectivity index (χ4n) is 1.21. The van der Waals surface area contributed by atoms with Gasteiger partial charge in [-0.3, -0.25) is 0 Å². The van der Waals surface area contributed by atoms with E-state index in [-0.39, 0.29) is 0 Å². The molecule has 1 nitrogen and oxygen atoms in total. The quantitative estimate of drug-likeness (QED) is 0.730. The third-order valence-corrected chi connectivity index (χ3v) is 1.72. The zero-order valence-corrected chi connectivity index (χ0v) is 8.12. The predicted molar refractivity (Wildman–Crippen MR) is 59.0 cm³/mol. The molecule has 0 bridgehead atoms. The van der Waals surface area contributed by atoms with Crippen molar-refractivity contribution in [2.24, 2.45) is 5.73 Å². The summed E-state index contributed by atoms with van der Waals surface area (Å²) in [5.41, 5.74) is 9.02. The normalized spacial score (nSPS) is 10.3. The first kappa shape index (κ1) is 9.59. The van der Waals surface area contributed by atoms with Crippen LogP contribution >= 0.6 is 0 Å². The fraction of sp³-hybridized carbons (Fsp3) is 0.167. The van der Waals surface area contributed by atoms with Crippen molar-refractivity contribution in [3.8, 4) is 0 Å². The van der Waals surface area contributed by atoms with E-state index in [0.717, 1.165) is 5.56 Å². The Kier molecular flexibility index (Phi) is 3.32. The second kappa shape index (κ2) is 4.51. The van der Waals surface area contributed by atoms with Gasteiger partial charge < -0.3 is 5.73 Å². The molecule has 0 radical (unpaired) electrons. The van der Waals surface area contributed by atoms with E-state index in [1.807, 2.05) is 18.2 Å². The topological polar surface area (TPSA) is 26.0 Å². The van der Waals surface area contributed by atoms with Gasteiger partial charge in [-0.2, -0.15) is 0 Å². The Bertz CT molecular complexity index is 331. The number of hydrogen-bond acceptors (Lipinski definition) is 1. The van der Waals surface area contributed by atoms with Gasteiger partial charge in [0, 0.05) is 0 Å². The Labute approximate surface area is 79.6 Å². The minimum atomic E-state index is 1.16. The number of nitrogens with two attached hydrogens (primary N) is 1. The standard InChI is InChI=1S/C12H15N/c1-10(2)9-12-6-4-3-5-11(12)7-8-13/h3-9H,13H2,1-2H3/b8-7-. The van der Waals surface area contributed by atoms with Gasteiger partial charge >= 0.3 is 0 Å². The first-order chi connectivity index (χ1) is 6.24. The SMILES string of the molecule is CC(C)=Cc1ccccc1/C=C\N. The summed E-state index contributed by atoms with van der Waals surface area (Å²) in [6, 6.07) is 8.18. The zero-order valence-electron chi connectivity index (χ0n) is 8.12. The van der Waals surface area contributed by atoms with Gasteiger partial charge in [-0.25, -0.2) is 0 Å². The Balaban J connectivity index is 3.12. The van der Waals surface area contributed by atoms with Crippen LogP contribution in [0.5, 0.6) is 0 Å². The van der Waals surface area contributed by atoms with E-state index < -0.39 is 0 Å². The summed E-state index contributed by atoms with van der Waals surface area (Å²) < 4.78 is 0. The van der Waals surface area contributed by atoms with Gasteiger partial charge in [0.2, 0.25) is 0 Å². The maximum absolute atomic E-state index is 5.36. The van der Waals surface area contributed by atoms with Crippen LogP contribution in [0.2, 0.25) is 0 Å². The number of hydrogen-bond donors (Lipinski definition) is 1. The molecule has 0 aliphatic carbocycles. The van der Waals surface area contributed by atoms with Gasteiger partial charge in [0.15, 0.2) is 0 Å². The summed E-state index contributed by atoms with van der Waals surface area (Å²) >= 11 is 0. The molecule has 0 unspecified atom stereocenters. The molecule has 1 aromatic rings. The highest BCUT2D eigenvalue weighted by Gasteiger charge is 1.93. The number of benzene rings is 1. The average molecular weight is 173 g/mol. The van der Waals surface area contributed by atoms with Gasteiger partial charge in [-0.1, -0.05) is 35.9 Å². The van der Waals surface area contributed by atoms with Crippen LogP contribution in [0.15, 0.2) is 36.0 Å². The van der Waals surface area contributed by atoms with Crippen molar-refractivity contribution >= 4 is 12.2 Å². The second-order valence-electron chi connectivity index (χ2n) is 3.21. The van der Waals surface area contributed by atoms with E-state index >= 15 is 0 Å². The largest absolute Gasteiger partial charge is 0.405 e. The van der Waals surface area contributed by atoms with Crippen LogP contribution in [0.25, 0.3) is 12.2 Å². The molecule has 1 heteroatoms. The van der Waals surface area contributed by atoms with Crippen molar-refractivity contribution in [3.63, 3.8) is 0 Å². The lowest BCUT2D eigenvalue weighted by Gasteiger charge is -2.00. The predicted octanol–water partition coefficient (Wildman–Crippen LogP) is 3.04. The highest BCUT2D eigenvalue weighted by molar-refractivity contribution is 5.65. The van der Waals surface area contributed by atoms with E-state index in [0.29, 0.717) is 0 Å². The van der Waals surface area contributed by atoms with E-state index in [4.69, 9.17) is 5.73 Å². The highest BCUT2D eigenvalue weighted by atomic mass is 14.5. The third kappa shape index (κ3) is 2.79. The molecule has 0 amide bonds. The molecule has 0 heterocycles. The number of rotatable bonds is 2. The van der Waals surface area contributed by atoms with Gasteiger partial charge in [0.25, 0.3) is 0 Å². The van der Waals surface area contributed by atoms with Crippen LogP contribution in [-0.2, 0) is 0 Å². The summed E-state index contributed by atoms with van der Waals surface area (Å²) in [6.07, 6.45) is 5.63. The summed E-state index contributed by atoms with van der Waals surface area (Å²) in [7, 11) is 0. The number of allylic oxidation sites excluding steroid dienone is 1. The minimum absolute atomic E-state index is 1.16. The maximum atomic E-state index is 5.36. The molecule has 0 fully saturated rings. The molecule has 13 heavy (non-hydrogen) atoms. The molecule has 0 aromatic heterocycles. The van der Waals surface area contributed by atoms with Crippen molar-refractivity contribution in [1.82, 2.24) is 0 Å². The highest BCUT2D eigenvalue weighted by Crippen LogP contribution is 2.13. The monoisotopic (exact) mass is 173 g/mol. The summed E-state index contributed by atoms with van der Waals surface area (Å²) in [5.74, 6) is 0. The van der Waals surface area contributed by atoms with E-state index in [9.17, 15) is 0 Å². The van der Waals surface area contributed by atoms with E-state index in [2.05, 4.69) is 32.1 Å². The first-order valence-corrected chi connectivity index (χ1v) is 4.36. The van der Waals surface area contributed by atoms with Crippen LogP contribution in [0.4, 0.5) is 0 Å². The maximum Gasteiger partial charge on any atom is -0.00561 e. The summed E-state index contributed by atoms with van der Waals surface area (Å²) in [5, 5.41) is 0. The molecule has 0 spiro atoms. The first-order valence-electron chi connectivity index (χ1n) is 4.36. The Hall–Kier alpha value is -1.50. The fourth-order valence-corrected chi connectivity index (χ4v) is 1.21. The van der Waals surface area contributed by atoms with Gasteiger partial charge in [0.1, 0.15) is 0 Å². The van der Waals surface area contributed by atoms with Crippen molar-refractivity contribution in [2.45, 2.75) is 13.8 Å². The lowest BCUT2D eigenvalue weighted by atomic mass is 10.1. The summed E-state index contributed by atoms with van der Waals surface area (Å²) in [6.45, 7) is 4.17. The second-order valence-corrected chi connectivity index (χ2v) is 3.21. The molecular formula is C12H15N. The molecule has 0 aliphatic heterocycles. The van der Waals surface area contributed by atoms with Gasteiger partial charge in [-0.15, -0.1) is 0 Å². The van der Waals surface area contributed by atoms with Crippen molar-refractivity contribution in [1.29, 1.82) is 0 Å². The Morgan fingerprint density at radius 2 is 1.77 bits per heavy atom. The lowest BCUT2D eigenvalue weighted by Crippen LogP contribution is -1.82. The van der Waals surface area contributed by atoms with Gasteiger partial charge in [0.05, 0.1) is 0 Å². The Morgan fingerprint density at radius 1 is 1.15 bits per heavy atom. The van der Waals surface area contributed by atoms with Crippen LogP contribution in [-0.4, -0.2) is 0 Å². The smallest absolute Gasteiger partial charge is 0.00561 e. The zero-order chi connectivity index (χ0) is 9.68. The summed E-state index contributed by atoms with van der Waals surface area (Å²) in [4.78, 5) is 0. The van der Waals surface area contributed by atoms with Crippen LogP contribution in [0, 0.1) is 0 Å². The molecule has 1 aromatic carbocycles. The molecule has 0 aliphatic rings. The van der Waals surface area contributed by atoms with Crippen molar-refractivity contribution in [2.75, 3.05) is 0 Å². The third-order valence-electron chi connectivity index (χ3n) is 1.72. The lowest BCUT2D eigenvalue weighted by molar-refractivity contribution is 1.42. The molecule has 68 valence electrons. The van der Waals surface area contributed by atoms with Gasteiger partial charge in [-0.05, 0) is 37.3 Å². The van der Waals surface area contributed by atoms with Crippen LogP contribution in [0.1, 0.15) is 25.0 Å². The molecular weight excluding hydrogens is 158 g/mol. The van der Waals surface area contributed by atoms with Crippen molar-refractivity contribution < 1.29 is 0 Å². The van der Waals surface area contributed by atoms with Crippen LogP contribution in [0.3, 0.4) is 0 Å². The molecule has 0 atom stereocenters. The molecule has 2 N–H and O–H groups in total. The molecule has 0 saturated carbocycles. The average Bonchev–Trinajstić information content (AvgIpc) is 2.08. The molecule has 1 rings (SSSR count). The van der Waals surface area contributed by atoms with Crippen LogP contribution < -0.4 is 5.73 Å². The van der Waals surface area contributed by atoms with Crippen molar-refractivity contribution in [3.05, 3.63) is 47.2 Å². The van der Waals surface area contributed by atoms with E-state index in [1.54, 1.807) is 6.20 Å². The minimum Gasteiger partial charge on any atom is -0.405 e. The Morgan fingerprint density at radius 3 is 2.31 bits per heavy atom. The molecule has 0 saturated heterocycles. The van der Waals surface area contributed by atoms with E-state index in [1.165, 1.54) is 11.1 Å².